The number of carbonyl (C=O) groups excluding carboxylic acids is 1. The molecule has 0 saturated carbocycles. The molecule has 4 rings (SSSR count). The highest BCUT2D eigenvalue weighted by molar-refractivity contribution is 5.99. The second-order valence-corrected chi connectivity index (χ2v) is 7.09. The highest BCUT2D eigenvalue weighted by Crippen LogP contribution is 2.33. The molecule has 156 valence electrons. The van der Waals surface area contributed by atoms with Crippen molar-refractivity contribution in [2.24, 2.45) is 0 Å². The molecule has 0 aliphatic rings. The maximum absolute atomic E-state index is 12.8. The van der Waals surface area contributed by atoms with Gasteiger partial charge in [-0.3, -0.25) is 9.78 Å². The Morgan fingerprint density at radius 1 is 0.935 bits per heavy atom. The maximum Gasteiger partial charge on any atom is 0.416 e. The summed E-state index contributed by atoms with van der Waals surface area (Å²) in [6.45, 7) is 1.84. The van der Waals surface area contributed by atoms with Gasteiger partial charge in [0.15, 0.2) is 0 Å². The van der Waals surface area contributed by atoms with Crippen LogP contribution in [0.3, 0.4) is 0 Å². The Labute approximate surface area is 176 Å². The van der Waals surface area contributed by atoms with Crippen molar-refractivity contribution < 1.29 is 18.0 Å². The smallest absolute Gasteiger partial charge is 0.343 e. The van der Waals surface area contributed by atoms with Gasteiger partial charge in [0.1, 0.15) is 5.69 Å². The van der Waals surface area contributed by atoms with Crippen LogP contribution in [0.1, 0.15) is 34.7 Å². The van der Waals surface area contributed by atoms with Crippen molar-refractivity contribution in [2.45, 2.75) is 19.1 Å². The fraction of sp³-hybridized carbons (Fsp3) is 0.125. The van der Waals surface area contributed by atoms with Crippen LogP contribution in [0.2, 0.25) is 0 Å². The molecule has 0 fully saturated rings. The number of hydrogen-bond acceptors (Lipinski definition) is 3. The Kier molecular flexibility index (Phi) is 5.42. The molecule has 4 aromatic rings. The Morgan fingerprint density at radius 2 is 1.71 bits per heavy atom. The first-order valence-electron chi connectivity index (χ1n) is 9.62. The first kappa shape index (κ1) is 20.5. The molecular weight excluding hydrogens is 403 g/mol. The number of nitrogens with one attached hydrogen (secondary N) is 1. The Balaban J connectivity index is 1.61. The molecule has 1 atom stereocenters. The number of carbonyl (C=O) groups is 1. The number of aromatic nitrogens is 2. The molecule has 0 saturated heterocycles. The van der Waals surface area contributed by atoms with Crippen molar-refractivity contribution in [3.05, 3.63) is 95.9 Å². The van der Waals surface area contributed by atoms with Gasteiger partial charge in [-0.1, -0.05) is 30.3 Å². The van der Waals surface area contributed by atoms with Crippen LogP contribution >= 0.6 is 0 Å². The molecule has 0 aliphatic heterocycles. The van der Waals surface area contributed by atoms with Gasteiger partial charge in [-0.25, -0.2) is 4.98 Å². The summed E-state index contributed by atoms with van der Waals surface area (Å²) in [6.07, 6.45) is -2.72. The van der Waals surface area contributed by atoms with Crippen LogP contribution in [-0.2, 0) is 6.18 Å². The summed E-state index contributed by atoms with van der Waals surface area (Å²) < 4.78 is 38.5. The number of hydrogen-bond donors (Lipinski definition) is 1. The highest BCUT2D eigenvalue weighted by atomic mass is 19.4. The van der Waals surface area contributed by atoms with Gasteiger partial charge in [0, 0.05) is 11.6 Å². The monoisotopic (exact) mass is 421 g/mol. The minimum Gasteiger partial charge on any atom is -0.343 e. The standard InChI is InChI=1S/C24H18F3N3O/c1-15(20-6-2-3-14-28-20)29-23(31)22-13-12-19-18(5-4-7-21(19)30-22)16-8-10-17(11-9-16)24(25,26)27/h2-15H,1H3,(H,29,31)/t15-/m0/s1. The van der Waals surface area contributed by atoms with Gasteiger partial charge in [-0.2, -0.15) is 13.2 Å². The lowest BCUT2D eigenvalue weighted by molar-refractivity contribution is -0.137. The molecule has 7 heteroatoms. The topological polar surface area (TPSA) is 54.9 Å². The minimum absolute atomic E-state index is 0.250. The molecule has 4 nitrogen and oxygen atoms in total. The second-order valence-electron chi connectivity index (χ2n) is 7.09. The molecule has 31 heavy (non-hydrogen) atoms. The zero-order chi connectivity index (χ0) is 22.0. The molecule has 1 amide bonds. The molecule has 2 heterocycles. The summed E-state index contributed by atoms with van der Waals surface area (Å²) in [7, 11) is 0. The van der Waals surface area contributed by atoms with Gasteiger partial charge in [-0.15, -0.1) is 0 Å². The van der Waals surface area contributed by atoms with Crippen LogP contribution in [0, 0.1) is 0 Å². The first-order chi connectivity index (χ1) is 14.8. The van der Waals surface area contributed by atoms with Crippen LogP contribution in [0.4, 0.5) is 13.2 Å². The van der Waals surface area contributed by atoms with Crippen molar-refractivity contribution in [3.63, 3.8) is 0 Å². The van der Waals surface area contributed by atoms with E-state index < -0.39 is 11.7 Å². The van der Waals surface area contributed by atoms with E-state index in [4.69, 9.17) is 0 Å². The van der Waals surface area contributed by atoms with Crippen LogP contribution in [0.25, 0.3) is 22.0 Å². The zero-order valence-corrected chi connectivity index (χ0v) is 16.5. The Bertz CT molecular complexity index is 1220. The van der Waals surface area contributed by atoms with Gasteiger partial charge >= 0.3 is 6.18 Å². The summed E-state index contributed by atoms with van der Waals surface area (Å²) in [5.74, 6) is -0.333. The van der Waals surface area contributed by atoms with Crippen molar-refractivity contribution in [1.29, 1.82) is 0 Å². The number of alkyl halides is 3. The van der Waals surface area contributed by atoms with E-state index in [1.165, 1.54) is 12.1 Å². The van der Waals surface area contributed by atoms with Gasteiger partial charge < -0.3 is 5.32 Å². The highest BCUT2D eigenvalue weighted by Gasteiger charge is 2.30. The number of fused-ring (bicyclic) bond motifs is 1. The normalized spacial score (nSPS) is 12.5. The second kappa shape index (κ2) is 8.18. The van der Waals surface area contributed by atoms with Gasteiger partial charge in [0.2, 0.25) is 0 Å². The van der Waals surface area contributed by atoms with Crippen LogP contribution in [0.5, 0.6) is 0 Å². The molecule has 0 bridgehead atoms. The summed E-state index contributed by atoms with van der Waals surface area (Å²) in [5.41, 5.74) is 2.25. The lowest BCUT2D eigenvalue weighted by atomic mass is 9.99. The van der Waals surface area contributed by atoms with E-state index >= 15 is 0 Å². The fourth-order valence-corrected chi connectivity index (χ4v) is 3.35. The summed E-state index contributed by atoms with van der Waals surface area (Å²) in [4.78, 5) is 21.3. The molecule has 0 spiro atoms. The SMILES string of the molecule is C[C@H](NC(=O)c1ccc2c(-c3ccc(C(F)(F)F)cc3)cccc2n1)c1ccccn1. The molecule has 0 aliphatic carbocycles. The first-order valence-corrected chi connectivity index (χ1v) is 9.62. The third-order valence-corrected chi connectivity index (χ3v) is 4.97. The molecule has 2 aromatic heterocycles. The summed E-state index contributed by atoms with van der Waals surface area (Å²) in [5, 5.41) is 3.62. The van der Waals surface area contributed by atoms with E-state index in [-0.39, 0.29) is 17.6 Å². The zero-order valence-electron chi connectivity index (χ0n) is 16.5. The number of nitrogens with zero attached hydrogens (tertiary/aromatic N) is 2. The average Bonchev–Trinajstić information content (AvgIpc) is 2.78. The number of pyridine rings is 2. The van der Waals surface area contributed by atoms with Crippen LogP contribution in [-0.4, -0.2) is 15.9 Å². The number of benzene rings is 2. The van der Waals surface area contributed by atoms with E-state index in [9.17, 15) is 18.0 Å². The van der Waals surface area contributed by atoms with Gasteiger partial charge in [0.25, 0.3) is 5.91 Å². The van der Waals surface area contributed by atoms with Crippen LogP contribution in [0.15, 0.2) is 79.0 Å². The lowest BCUT2D eigenvalue weighted by Crippen LogP contribution is -2.27. The third kappa shape index (κ3) is 4.40. The molecular formula is C24H18F3N3O. The van der Waals surface area contributed by atoms with Crippen molar-refractivity contribution in [1.82, 2.24) is 15.3 Å². The maximum atomic E-state index is 12.8. The molecule has 2 aromatic carbocycles. The number of halogens is 3. The van der Waals surface area contributed by atoms with Crippen LogP contribution < -0.4 is 5.32 Å². The van der Waals surface area contributed by atoms with Gasteiger partial charge in [0.05, 0.1) is 22.8 Å². The van der Waals surface area contributed by atoms with E-state index in [2.05, 4.69) is 15.3 Å². The fourth-order valence-electron chi connectivity index (χ4n) is 3.35. The molecule has 0 radical (unpaired) electrons. The lowest BCUT2D eigenvalue weighted by Gasteiger charge is -2.14. The molecule has 0 unspecified atom stereocenters. The van der Waals surface area contributed by atoms with Crippen molar-refractivity contribution in [2.75, 3.05) is 0 Å². The predicted molar refractivity (Wildman–Crippen MR) is 112 cm³/mol. The predicted octanol–water partition coefficient (Wildman–Crippen LogP) is 5.81. The van der Waals surface area contributed by atoms with E-state index in [1.807, 2.05) is 25.1 Å². The minimum atomic E-state index is -4.38. The third-order valence-electron chi connectivity index (χ3n) is 4.97. The van der Waals surface area contributed by atoms with Crippen molar-refractivity contribution in [3.8, 4) is 11.1 Å². The summed E-state index contributed by atoms with van der Waals surface area (Å²) >= 11 is 0. The van der Waals surface area contributed by atoms with E-state index in [0.29, 0.717) is 11.1 Å². The number of rotatable bonds is 4. The largest absolute Gasteiger partial charge is 0.416 e. The average molecular weight is 421 g/mol. The quantitative estimate of drug-likeness (QED) is 0.453. The van der Waals surface area contributed by atoms with E-state index in [1.54, 1.807) is 36.5 Å². The van der Waals surface area contributed by atoms with E-state index in [0.717, 1.165) is 28.8 Å². The van der Waals surface area contributed by atoms with Crippen molar-refractivity contribution >= 4 is 16.8 Å². The molecule has 1 N–H and O–H groups in total. The Morgan fingerprint density at radius 3 is 2.39 bits per heavy atom. The number of amides is 1. The Hall–Kier alpha value is -3.74. The summed E-state index contributed by atoms with van der Waals surface area (Å²) in [6, 6.07) is 18.9. The van der Waals surface area contributed by atoms with Gasteiger partial charge in [-0.05, 0) is 60.5 Å².